The van der Waals surface area contributed by atoms with Crippen molar-refractivity contribution >= 4 is 5.97 Å². The van der Waals surface area contributed by atoms with E-state index in [1.807, 2.05) is 25.1 Å². The molecule has 1 aliphatic rings. The lowest BCUT2D eigenvalue weighted by atomic mass is 10.2. The summed E-state index contributed by atoms with van der Waals surface area (Å²) in [4.78, 5) is 15.3. The number of hydrogen-bond acceptors (Lipinski definition) is 3. The first-order valence-electron chi connectivity index (χ1n) is 5.55. The molecule has 0 spiro atoms. The van der Waals surface area contributed by atoms with Gasteiger partial charge in [-0.2, -0.15) is 0 Å². The summed E-state index contributed by atoms with van der Waals surface area (Å²) in [5, 5.41) is 12.1. The molecule has 0 aliphatic heterocycles. The molecule has 1 atom stereocenters. The molecule has 1 aliphatic carbocycles. The summed E-state index contributed by atoms with van der Waals surface area (Å²) in [6.45, 7) is 2.45. The number of carboxylic acid groups (broad SMARTS) is 1. The molecule has 86 valence electrons. The average Bonchev–Trinajstić information content (AvgIpc) is 3.02. The molecule has 16 heavy (non-hydrogen) atoms. The number of aryl methyl sites for hydroxylation is 1. The van der Waals surface area contributed by atoms with Gasteiger partial charge < -0.3 is 5.11 Å². The molecule has 1 saturated carbocycles. The Labute approximate surface area is 94.7 Å². The van der Waals surface area contributed by atoms with Gasteiger partial charge in [0.05, 0.1) is 5.69 Å². The molecule has 0 radical (unpaired) electrons. The first kappa shape index (κ1) is 11.1. The van der Waals surface area contributed by atoms with Crippen molar-refractivity contribution in [2.45, 2.75) is 32.4 Å². The molecule has 2 N–H and O–H groups in total. The van der Waals surface area contributed by atoms with E-state index >= 15 is 0 Å². The molecule has 1 unspecified atom stereocenters. The second kappa shape index (κ2) is 4.61. The van der Waals surface area contributed by atoms with Crippen LogP contribution in [-0.4, -0.2) is 22.1 Å². The Bertz CT molecular complexity index is 388. The number of rotatable bonds is 5. The molecule has 1 heterocycles. The largest absolute Gasteiger partial charge is 0.480 e. The number of carbonyl (C=O) groups is 1. The van der Waals surface area contributed by atoms with Gasteiger partial charge in [-0.25, -0.2) is 0 Å². The fraction of sp³-hybridized carbons (Fsp3) is 0.500. The molecule has 0 bridgehead atoms. The number of hydrogen-bond donors (Lipinski definition) is 2. The van der Waals surface area contributed by atoms with E-state index in [1.165, 1.54) is 0 Å². The Morgan fingerprint density at radius 3 is 2.94 bits per heavy atom. The minimum absolute atomic E-state index is 0.308. The number of nitrogens with one attached hydrogen (secondary N) is 1. The summed E-state index contributed by atoms with van der Waals surface area (Å²) in [5.41, 5.74) is 1.85. The summed E-state index contributed by atoms with van der Waals surface area (Å²) in [6.07, 6.45) is 2.04. The smallest absolute Gasteiger partial charge is 0.320 e. The van der Waals surface area contributed by atoms with Gasteiger partial charge in [0.1, 0.15) is 6.04 Å². The number of aromatic nitrogens is 1. The zero-order chi connectivity index (χ0) is 11.5. The number of pyridine rings is 1. The van der Waals surface area contributed by atoms with Crippen molar-refractivity contribution in [1.82, 2.24) is 10.3 Å². The van der Waals surface area contributed by atoms with Gasteiger partial charge in [-0.15, -0.1) is 0 Å². The normalized spacial score (nSPS) is 17.1. The van der Waals surface area contributed by atoms with Gasteiger partial charge in [-0.3, -0.25) is 15.1 Å². The fourth-order valence-corrected chi connectivity index (χ4v) is 1.80. The van der Waals surface area contributed by atoms with Crippen LogP contribution in [0.4, 0.5) is 0 Å². The summed E-state index contributed by atoms with van der Waals surface area (Å²) in [5.74, 6) is -0.447. The molecular weight excluding hydrogens is 204 g/mol. The predicted molar refractivity (Wildman–Crippen MR) is 60.0 cm³/mol. The van der Waals surface area contributed by atoms with Gasteiger partial charge in [0.2, 0.25) is 0 Å². The fourth-order valence-electron chi connectivity index (χ4n) is 1.80. The quantitative estimate of drug-likeness (QED) is 0.786. The first-order chi connectivity index (χ1) is 7.66. The summed E-state index contributed by atoms with van der Waals surface area (Å²) in [6, 6.07) is 5.36. The van der Waals surface area contributed by atoms with Crippen LogP contribution in [0, 0.1) is 12.8 Å². The van der Waals surface area contributed by atoms with Crippen molar-refractivity contribution in [3.63, 3.8) is 0 Å². The van der Waals surface area contributed by atoms with Gasteiger partial charge >= 0.3 is 5.97 Å². The van der Waals surface area contributed by atoms with Gasteiger partial charge in [-0.05, 0) is 37.8 Å². The molecule has 1 aromatic heterocycles. The molecule has 0 amide bonds. The highest BCUT2D eigenvalue weighted by Gasteiger charge is 2.35. The van der Waals surface area contributed by atoms with Crippen molar-refractivity contribution in [3.8, 4) is 0 Å². The van der Waals surface area contributed by atoms with Crippen LogP contribution in [0.1, 0.15) is 24.2 Å². The van der Waals surface area contributed by atoms with Crippen LogP contribution in [0.15, 0.2) is 18.2 Å². The second-order valence-corrected chi connectivity index (χ2v) is 4.30. The van der Waals surface area contributed by atoms with Gasteiger partial charge in [0.15, 0.2) is 0 Å². The van der Waals surface area contributed by atoms with E-state index in [0.717, 1.165) is 24.2 Å². The maximum absolute atomic E-state index is 11.0. The summed E-state index contributed by atoms with van der Waals surface area (Å²) >= 11 is 0. The van der Waals surface area contributed by atoms with Crippen LogP contribution in [0.5, 0.6) is 0 Å². The highest BCUT2D eigenvalue weighted by Crippen LogP contribution is 2.32. The Morgan fingerprint density at radius 1 is 1.62 bits per heavy atom. The third-order valence-corrected chi connectivity index (χ3v) is 2.81. The van der Waals surface area contributed by atoms with E-state index in [2.05, 4.69) is 10.3 Å². The highest BCUT2D eigenvalue weighted by atomic mass is 16.4. The minimum atomic E-state index is -0.754. The molecular formula is C12H16N2O2. The molecule has 4 heteroatoms. The third kappa shape index (κ3) is 2.79. The minimum Gasteiger partial charge on any atom is -0.480 e. The van der Waals surface area contributed by atoms with E-state index in [-0.39, 0.29) is 0 Å². The molecule has 1 fully saturated rings. The Balaban J connectivity index is 1.92. The van der Waals surface area contributed by atoms with E-state index in [1.54, 1.807) is 0 Å². The van der Waals surface area contributed by atoms with Crippen LogP contribution in [0.3, 0.4) is 0 Å². The predicted octanol–water partition coefficient (Wildman–Crippen LogP) is 1.34. The van der Waals surface area contributed by atoms with E-state index < -0.39 is 12.0 Å². The zero-order valence-corrected chi connectivity index (χ0v) is 9.31. The van der Waals surface area contributed by atoms with Crippen LogP contribution in [-0.2, 0) is 11.3 Å². The van der Waals surface area contributed by atoms with Crippen LogP contribution in [0.2, 0.25) is 0 Å². The molecule has 0 aromatic carbocycles. The second-order valence-electron chi connectivity index (χ2n) is 4.30. The van der Waals surface area contributed by atoms with Gasteiger partial charge in [0, 0.05) is 12.2 Å². The lowest BCUT2D eigenvalue weighted by Gasteiger charge is -2.13. The Hall–Kier alpha value is -1.42. The Morgan fingerprint density at radius 2 is 2.38 bits per heavy atom. The van der Waals surface area contributed by atoms with E-state index in [4.69, 9.17) is 5.11 Å². The topological polar surface area (TPSA) is 62.2 Å². The SMILES string of the molecule is Cc1cccc(CNC(C(=O)O)C2CC2)n1. The van der Waals surface area contributed by atoms with Crippen molar-refractivity contribution in [2.24, 2.45) is 5.92 Å². The average molecular weight is 220 g/mol. The number of aliphatic carboxylic acids is 1. The molecule has 1 aromatic rings. The lowest BCUT2D eigenvalue weighted by molar-refractivity contribution is -0.140. The molecule has 0 saturated heterocycles. The Kier molecular flexibility index (Phi) is 3.19. The van der Waals surface area contributed by atoms with Crippen molar-refractivity contribution in [2.75, 3.05) is 0 Å². The first-order valence-corrected chi connectivity index (χ1v) is 5.55. The number of nitrogens with zero attached hydrogens (tertiary/aromatic N) is 1. The maximum Gasteiger partial charge on any atom is 0.320 e. The molecule has 4 nitrogen and oxygen atoms in total. The van der Waals surface area contributed by atoms with Crippen molar-refractivity contribution in [1.29, 1.82) is 0 Å². The standard InChI is InChI=1S/C12H16N2O2/c1-8-3-2-4-10(14-8)7-13-11(12(15)16)9-5-6-9/h2-4,9,11,13H,5-7H2,1H3,(H,15,16). The third-order valence-electron chi connectivity index (χ3n) is 2.81. The van der Waals surface area contributed by atoms with E-state index in [9.17, 15) is 4.79 Å². The van der Waals surface area contributed by atoms with Crippen LogP contribution >= 0.6 is 0 Å². The van der Waals surface area contributed by atoms with Crippen molar-refractivity contribution in [3.05, 3.63) is 29.6 Å². The number of carboxylic acids is 1. The van der Waals surface area contributed by atoms with E-state index in [0.29, 0.717) is 12.5 Å². The van der Waals surface area contributed by atoms with Gasteiger partial charge in [-0.1, -0.05) is 6.07 Å². The maximum atomic E-state index is 11.0. The van der Waals surface area contributed by atoms with Crippen molar-refractivity contribution < 1.29 is 9.90 Å². The molecule has 2 rings (SSSR count). The van der Waals surface area contributed by atoms with Crippen LogP contribution < -0.4 is 5.32 Å². The highest BCUT2D eigenvalue weighted by molar-refractivity contribution is 5.74. The van der Waals surface area contributed by atoms with Crippen LogP contribution in [0.25, 0.3) is 0 Å². The zero-order valence-electron chi connectivity index (χ0n) is 9.31. The summed E-state index contributed by atoms with van der Waals surface area (Å²) < 4.78 is 0. The lowest BCUT2D eigenvalue weighted by Crippen LogP contribution is -2.38. The monoisotopic (exact) mass is 220 g/mol. The summed E-state index contributed by atoms with van der Waals surface area (Å²) in [7, 11) is 0. The van der Waals surface area contributed by atoms with Gasteiger partial charge in [0.25, 0.3) is 0 Å².